The van der Waals surface area contributed by atoms with Crippen molar-refractivity contribution in [3.63, 3.8) is 0 Å². The quantitative estimate of drug-likeness (QED) is 0.775. The van der Waals surface area contributed by atoms with Crippen LogP contribution >= 0.6 is 0 Å². The number of carbonyl (C=O) groups is 2. The van der Waals surface area contributed by atoms with Gasteiger partial charge in [-0.1, -0.05) is 48.5 Å². The highest BCUT2D eigenvalue weighted by atomic mass is 19.4. The zero-order chi connectivity index (χ0) is 21.7. The minimum absolute atomic E-state index is 0.146. The highest BCUT2D eigenvalue weighted by Gasteiger charge is 2.41. The van der Waals surface area contributed by atoms with E-state index in [1.54, 1.807) is 13.0 Å². The summed E-state index contributed by atoms with van der Waals surface area (Å²) in [7, 11) is 0. The van der Waals surface area contributed by atoms with Gasteiger partial charge in [0.25, 0.3) is 0 Å². The van der Waals surface area contributed by atoms with Crippen LogP contribution in [0.3, 0.4) is 0 Å². The topological polar surface area (TPSA) is 61.4 Å². The third-order valence-electron chi connectivity index (χ3n) is 5.22. The van der Waals surface area contributed by atoms with Crippen LogP contribution in [0.5, 0.6) is 0 Å². The molecule has 2 aromatic carbocycles. The van der Waals surface area contributed by atoms with Crippen LogP contribution in [-0.2, 0) is 17.5 Å². The van der Waals surface area contributed by atoms with Gasteiger partial charge in [-0.25, -0.2) is 4.79 Å². The van der Waals surface area contributed by atoms with Crippen molar-refractivity contribution >= 4 is 11.9 Å². The molecular weight excluding hydrogens is 395 g/mol. The van der Waals surface area contributed by atoms with Crippen LogP contribution in [0.15, 0.2) is 54.6 Å². The second kappa shape index (κ2) is 9.19. The Morgan fingerprint density at radius 3 is 2.43 bits per heavy atom. The monoisotopic (exact) mass is 419 g/mol. The summed E-state index contributed by atoms with van der Waals surface area (Å²) in [4.78, 5) is 26.7. The Labute approximate surface area is 173 Å². The maximum Gasteiger partial charge on any atom is 0.416 e. The molecule has 1 heterocycles. The summed E-state index contributed by atoms with van der Waals surface area (Å²) in [5.74, 6) is -1.45. The lowest BCUT2D eigenvalue weighted by molar-refractivity contribution is -0.137. The molecule has 8 heteroatoms. The van der Waals surface area contributed by atoms with Crippen LogP contribution in [0, 0.1) is 5.92 Å². The van der Waals surface area contributed by atoms with Crippen molar-refractivity contribution in [2.24, 2.45) is 5.92 Å². The molecular formula is C22H24F3N3O2. The number of carbonyl (C=O) groups excluding carboxylic acids is 2. The molecule has 0 aliphatic carbocycles. The highest BCUT2D eigenvalue weighted by molar-refractivity contribution is 5.83. The fraction of sp³-hybridized carbons (Fsp3) is 0.364. The second-order valence-electron chi connectivity index (χ2n) is 7.28. The third-order valence-corrected chi connectivity index (χ3v) is 5.22. The zero-order valence-corrected chi connectivity index (χ0v) is 16.6. The number of nitrogens with one attached hydrogen (secondary N) is 2. The molecule has 3 amide bonds. The fourth-order valence-corrected chi connectivity index (χ4v) is 3.70. The average molecular weight is 419 g/mol. The van der Waals surface area contributed by atoms with Gasteiger partial charge >= 0.3 is 12.2 Å². The number of hydrogen-bond acceptors (Lipinski definition) is 2. The van der Waals surface area contributed by atoms with Crippen molar-refractivity contribution in [3.05, 3.63) is 71.3 Å². The van der Waals surface area contributed by atoms with Gasteiger partial charge in [-0.15, -0.1) is 0 Å². The van der Waals surface area contributed by atoms with Crippen molar-refractivity contribution in [2.75, 3.05) is 19.6 Å². The minimum atomic E-state index is -4.47. The van der Waals surface area contributed by atoms with Crippen molar-refractivity contribution in [1.29, 1.82) is 0 Å². The Bertz CT molecular complexity index is 887. The van der Waals surface area contributed by atoms with Gasteiger partial charge in [-0.3, -0.25) is 4.79 Å². The van der Waals surface area contributed by atoms with E-state index in [2.05, 4.69) is 10.6 Å². The molecule has 0 radical (unpaired) electrons. The summed E-state index contributed by atoms with van der Waals surface area (Å²) >= 11 is 0. The van der Waals surface area contributed by atoms with E-state index >= 15 is 0 Å². The standard InChI is InChI=1S/C22H24F3N3O2/c1-2-26-21(30)28-13-18(16-9-6-10-17(11-16)22(23,24)25)19(14-28)20(29)27-12-15-7-4-3-5-8-15/h3-11,18-19H,2,12-14H2,1H3,(H,26,30)(H,27,29)/t18-,19+/m1/s1. The van der Waals surface area contributed by atoms with Gasteiger partial charge in [0.05, 0.1) is 11.5 Å². The zero-order valence-electron chi connectivity index (χ0n) is 16.6. The predicted molar refractivity (Wildman–Crippen MR) is 107 cm³/mol. The molecule has 1 aliphatic rings. The van der Waals surface area contributed by atoms with Crippen molar-refractivity contribution in [2.45, 2.75) is 25.6 Å². The Kier molecular flexibility index (Phi) is 6.64. The first-order chi connectivity index (χ1) is 14.3. The van der Waals surface area contributed by atoms with Crippen LogP contribution in [-0.4, -0.2) is 36.5 Å². The van der Waals surface area contributed by atoms with Crippen molar-refractivity contribution < 1.29 is 22.8 Å². The van der Waals surface area contributed by atoms with Crippen molar-refractivity contribution in [3.8, 4) is 0 Å². The first-order valence-corrected chi connectivity index (χ1v) is 9.81. The van der Waals surface area contributed by atoms with Gasteiger partial charge in [0, 0.05) is 32.1 Å². The molecule has 0 bridgehead atoms. The fourth-order valence-electron chi connectivity index (χ4n) is 3.70. The molecule has 0 spiro atoms. The van der Waals surface area contributed by atoms with Gasteiger partial charge in [-0.05, 0) is 24.1 Å². The Morgan fingerprint density at radius 2 is 1.77 bits per heavy atom. The lowest BCUT2D eigenvalue weighted by Gasteiger charge is -2.19. The largest absolute Gasteiger partial charge is 0.416 e. The number of amides is 3. The van der Waals surface area contributed by atoms with Gasteiger partial charge < -0.3 is 15.5 Å². The molecule has 0 aromatic heterocycles. The van der Waals surface area contributed by atoms with E-state index in [0.29, 0.717) is 18.7 Å². The van der Waals surface area contributed by atoms with Crippen LogP contribution in [0.1, 0.15) is 29.5 Å². The van der Waals surface area contributed by atoms with E-state index in [-0.39, 0.29) is 25.0 Å². The number of nitrogens with zero attached hydrogens (tertiary/aromatic N) is 1. The molecule has 0 saturated carbocycles. The predicted octanol–water partition coefficient (Wildman–Crippen LogP) is 3.77. The average Bonchev–Trinajstić information content (AvgIpc) is 3.18. The van der Waals surface area contributed by atoms with Crippen LogP contribution in [0.2, 0.25) is 0 Å². The summed E-state index contributed by atoms with van der Waals surface area (Å²) in [6.45, 7) is 2.84. The van der Waals surface area contributed by atoms with Gasteiger partial charge in [0.2, 0.25) is 5.91 Å². The molecule has 2 atom stereocenters. The second-order valence-corrected chi connectivity index (χ2v) is 7.28. The maximum atomic E-state index is 13.2. The lowest BCUT2D eigenvalue weighted by Crippen LogP contribution is -2.39. The molecule has 160 valence electrons. The normalized spacial score (nSPS) is 18.9. The van der Waals surface area contributed by atoms with E-state index in [1.807, 2.05) is 30.3 Å². The smallest absolute Gasteiger partial charge is 0.352 e. The van der Waals surface area contributed by atoms with Gasteiger partial charge in [-0.2, -0.15) is 13.2 Å². The van der Waals surface area contributed by atoms with Gasteiger partial charge in [0.1, 0.15) is 0 Å². The summed E-state index contributed by atoms with van der Waals surface area (Å²) in [5, 5.41) is 5.55. The first kappa shape index (κ1) is 21.7. The van der Waals surface area contributed by atoms with E-state index in [9.17, 15) is 22.8 Å². The minimum Gasteiger partial charge on any atom is -0.352 e. The number of rotatable bonds is 5. The number of urea groups is 1. The number of hydrogen-bond donors (Lipinski definition) is 2. The van der Waals surface area contributed by atoms with E-state index in [0.717, 1.165) is 17.7 Å². The molecule has 30 heavy (non-hydrogen) atoms. The van der Waals surface area contributed by atoms with Crippen LogP contribution in [0.4, 0.5) is 18.0 Å². The Balaban J connectivity index is 1.82. The first-order valence-electron chi connectivity index (χ1n) is 9.81. The lowest BCUT2D eigenvalue weighted by atomic mass is 9.87. The van der Waals surface area contributed by atoms with E-state index < -0.39 is 23.6 Å². The van der Waals surface area contributed by atoms with Crippen LogP contribution < -0.4 is 10.6 Å². The molecule has 1 aliphatic heterocycles. The molecule has 2 N–H and O–H groups in total. The molecule has 5 nitrogen and oxygen atoms in total. The number of halogens is 3. The Hall–Kier alpha value is -3.03. The molecule has 1 saturated heterocycles. The Morgan fingerprint density at radius 1 is 1.03 bits per heavy atom. The number of likely N-dealkylation sites (tertiary alicyclic amines) is 1. The molecule has 2 aromatic rings. The van der Waals surface area contributed by atoms with Crippen LogP contribution in [0.25, 0.3) is 0 Å². The molecule has 1 fully saturated rings. The summed E-state index contributed by atoms with van der Waals surface area (Å²) in [6.07, 6.45) is -4.47. The summed E-state index contributed by atoms with van der Waals surface area (Å²) in [5.41, 5.74) is 0.552. The third kappa shape index (κ3) is 5.11. The molecule has 3 rings (SSSR count). The molecule has 0 unspecified atom stereocenters. The maximum absolute atomic E-state index is 13.2. The number of alkyl halides is 3. The summed E-state index contributed by atoms with van der Waals surface area (Å²) in [6, 6.07) is 14.0. The van der Waals surface area contributed by atoms with Gasteiger partial charge in [0.15, 0.2) is 0 Å². The van der Waals surface area contributed by atoms with Crippen molar-refractivity contribution in [1.82, 2.24) is 15.5 Å². The van der Waals surface area contributed by atoms with E-state index in [1.165, 1.54) is 11.0 Å². The summed E-state index contributed by atoms with van der Waals surface area (Å²) < 4.78 is 39.5. The van der Waals surface area contributed by atoms with E-state index in [4.69, 9.17) is 0 Å². The SMILES string of the molecule is CCNC(=O)N1C[C@H](C(=O)NCc2ccccc2)[C@@H](c2cccc(C(F)(F)F)c2)C1. The number of benzene rings is 2. The highest BCUT2D eigenvalue weighted by Crippen LogP contribution is 2.36.